The molecule has 1 amide bonds. The van der Waals surface area contributed by atoms with E-state index >= 15 is 0 Å². The molecule has 17 heavy (non-hydrogen) atoms. The molecular formula is C11H13BrN4O. The summed E-state index contributed by atoms with van der Waals surface area (Å²) in [5.41, 5.74) is 3.02. The van der Waals surface area contributed by atoms with Crippen molar-refractivity contribution in [3.63, 3.8) is 0 Å². The lowest BCUT2D eigenvalue weighted by atomic mass is 10.3. The normalized spacial score (nSPS) is 10.6. The van der Waals surface area contributed by atoms with Crippen LogP contribution in [0.5, 0.6) is 0 Å². The number of hydrogen-bond donors (Lipinski definition) is 2. The first-order valence-electron chi connectivity index (χ1n) is 5.14. The SMILES string of the molecule is Cc1nn(C)c(C)c1NC(=O)c1cc(Br)c[nH]1. The number of rotatable bonds is 2. The van der Waals surface area contributed by atoms with Crippen LogP contribution in [-0.4, -0.2) is 20.7 Å². The highest BCUT2D eigenvalue weighted by Crippen LogP contribution is 2.19. The molecule has 5 nitrogen and oxygen atoms in total. The molecule has 0 aliphatic heterocycles. The van der Waals surface area contributed by atoms with Crippen molar-refractivity contribution in [2.45, 2.75) is 13.8 Å². The van der Waals surface area contributed by atoms with Gasteiger partial charge < -0.3 is 10.3 Å². The van der Waals surface area contributed by atoms with Crippen LogP contribution in [-0.2, 0) is 7.05 Å². The second-order valence-electron chi connectivity index (χ2n) is 3.86. The molecule has 2 N–H and O–H groups in total. The van der Waals surface area contributed by atoms with Gasteiger partial charge in [0.25, 0.3) is 5.91 Å². The Balaban J connectivity index is 2.24. The monoisotopic (exact) mass is 296 g/mol. The molecule has 0 aromatic carbocycles. The number of nitrogens with one attached hydrogen (secondary N) is 2. The minimum Gasteiger partial charge on any atom is -0.356 e. The van der Waals surface area contributed by atoms with Crippen LogP contribution in [0.3, 0.4) is 0 Å². The van der Waals surface area contributed by atoms with Crippen molar-refractivity contribution in [1.29, 1.82) is 0 Å². The van der Waals surface area contributed by atoms with Crippen molar-refractivity contribution in [1.82, 2.24) is 14.8 Å². The second kappa shape index (κ2) is 4.37. The topological polar surface area (TPSA) is 62.7 Å². The number of carbonyl (C=O) groups is 1. The minimum absolute atomic E-state index is 0.171. The predicted molar refractivity (Wildman–Crippen MR) is 69.1 cm³/mol. The molecule has 0 radical (unpaired) electrons. The van der Waals surface area contributed by atoms with E-state index in [9.17, 15) is 4.79 Å². The van der Waals surface area contributed by atoms with Crippen LogP contribution in [0, 0.1) is 13.8 Å². The van der Waals surface area contributed by atoms with Crippen LogP contribution in [0.4, 0.5) is 5.69 Å². The van der Waals surface area contributed by atoms with Gasteiger partial charge in [0, 0.05) is 17.7 Å². The van der Waals surface area contributed by atoms with E-state index in [1.54, 1.807) is 16.9 Å². The molecule has 2 rings (SSSR count). The van der Waals surface area contributed by atoms with E-state index in [2.05, 4.69) is 31.3 Å². The van der Waals surface area contributed by atoms with Crippen LogP contribution in [0.1, 0.15) is 21.9 Å². The van der Waals surface area contributed by atoms with Gasteiger partial charge in [-0.2, -0.15) is 5.10 Å². The number of halogens is 1. The summed E-state index contributed by atoms with van der Waals surface area (Å²) in [6, 6.07) is 1.73. The zero-order valence-electron chi connectivity index (χ0n) is 9.84. The van der Waals surface area contributed by atoms with Crippen molar-refractivity contribution in [3.8, 4) is 0 Å². The Bertz CT molecular complexity index is 570. The third-order valence-corrected chi connectivity index (χ3v) is 3.10. The van der Waals surface area contributed by atoms with E-state index < -0.39 is 0 Å². The number of aryl methyl sites for hydroxylation is 2. The molecule has 0 fully saturated rings. The minimum atomic E-state index is -0.171. The van der Waals surface area contributed by atoms with Crippen molar-refractivity contribution >= 4 is 27.5 Å². The third kappa shape index (κ3) is 2.26. The largest absolute Gasteiger partial charge is 0.356 e. The maximum Gasteiger partial charge on any atom is 0.272 e. The summed E-state index contributed by atoms with van der Waals surface area (Å²) >= 11 is 3.29. The predicted octanol–water partition coefficient (Wildman–Crippen LogP) is 2.38. The fourth-order valence-corrected chi connectivity index (χ4v) is 1.98. The standard InChI is InChI=1S/C11H13BrN4O/c1-6-10(7(2)16(3)15-6)14-11(17)9-4-8(12)5-13-9/h4-5,13H,1-3H3,(H,14,17). The van der Waals surface area contributed by atoms with Gasteiger partial charge in [-0.25, -0.2) is 0 Å². The van der Waals surface area contributed by atoms with Crippen molar-refractivity contribution in [2.75, 3.05) is 5.32 Å². The molecule has 0 atom stereocenters. The Morgan fingerprint density at radius 1 is 1.53 bits per heavy atom. The van der Waals surface area contributed by atoms with Gasteiger partial charge in [0.1, 0.15) is 5.69 Å². The van der Waals surface area contributed by atoms with E-state index in [-0.39, 0.29) is 5.91 Å². The number of aromatic nitrogens is 3. The lowest BCUT2D eigenvalue weighted by Gasteiger charge is -2.03. The highest BCUT2D eigenvalue weighted by Gasteiger charge is 2.14. The molecule has 2 heterocycles. The summed E-state index contributed by atoms with van der Waals surface area (Å²) in [5, 5.41) is 7.10. The van der Waals surface area contributed by atoms with Crippen molar-refractivity contribution < 1.29 is 4.79 Å². The van der Waals surface area contributed by atoms with Crippen molar-refractivity contribution in [2.24, 2.45) is 7.05 Å². The zero-order chi connectivity index (χ0) is 12.6. The van der Waals surface area contributed by atoms with E-state index in [1.807, 2.05) is 20.9 Å². The summed E-state index contributed by atoms with van der Waals surface area (Å²) in [6.07, 6.45) is 1.72. The number of carbonyl (C=O) groups excluding carboxylic acids is 1. The smallest absolute Gasteiger partial charge is 0.272 e. The third-order valence-electron chi connectivity index (χ3n) is 2.64. The van der Waals surface area contributed by atoms with Crippen LogP contribution in [0.15, 0.2) is 16.7 Å². The Morgan fingerprint density at radius 3 is 2.71 bits per heavy atom. The highest BCUT2D eigenvalue weighted by molar-refractivity contribution is 9.10. The van der Waals surface area contributed by atoms with Crippen molar-refractivity contribution in [3.05, 3.63) is 33.8 Å². The quantitative estimate of drug-likeness (QED) is 0.894. The van der Waals surface area contributed by atoms with Crippen LogP contribution in [0.25, 0.3) is 0 Å². The van der Waals surface area contributed by atoms with Gasteiger partial charge in [-0.15, -0.1) is 0 Å². The Kier molecular flexibility index (Phi) is 3.06. The fourth-order valence-electron chi connectivity index (χ4n) is 1.63. The number of aromatic amines is 1. The van der Waals surface area contributed by atoms with Crippen LogP contribution < -0.4 is 5.32 Å². The second-order valence-corrected chi connectivity index (χ2v) is 4.77. The van der Waals surface area contributed by atoms with Gasteiger partial charge >= 0.3 is 0 Å². The van der Waals surface area contributed by atoms with E-state index in [4.69, 9.17) is 0 Å². The molecule has 2 aromatic heterocycles. The number of anilines is 1. The number of amides is 1. The Morgan fingerprint density at radius 2 is 2.24 bits per heavy atom. The lowest BCUT2D eigenvalue weighted by molar-refractivity contribution is 0.102. The first-order chi connectivity index (χ1) is 7.99. The summed E-state index contributed by atoms with van der Waals surface area (Å²) < 4.78 is 2.59. The summed E-state index contributed by atoms with van der Waals surface area (Å²) in [5.74, 6) is -0.171. The number of nitrogens with zero attached hydrogens (tertiary/aromatic N) is 2. The van der Waals surface area contributed by atoms with Gasteiger partial charge in [0.05, 0.1) is 17.1 Å². The van der Waals surface area contributed by atoms with Gasteiger partial charge in [-0.3, -0.25) is 9.48 Å². The Labute approximate surface area is 107 Å². The molecule has 0 aliphatic rings. The fraction of sp³-hybridized carbons (Fsp3) is 0.273. The average Bonchev–Trinajstić information content (AvgIpc) is 2.79. The molecule has 0 aliphatic carbocycles. The maximum absolute atomic E-state index is 11.9. The first kappa shape index (κ1) is 11.9. The van der Waals surface area contributed by atoms with E-state index in [0.717, 1.165) is 21.5 Å². The Hall–Kier alpha value is -1.56. The summed E-state index contributed by atoms with van der Waals surface area (Å²) in [6.45, 7) is 3.79. The summed E-state index contributed by atoms with van der Waals surface area (Å²) in [7, 11) is 1.85. The highest BCUT2D eigenvalue weighted by atomic mass is 79.9. The molecule has 0 saturated heterocycles. The van der Waals surface area contributed by atoms with Crippen LogP contribution in [0.2, 0.25) is 0 Å². The molecule has 0 bridgehead atoms. The van der Waals surface area contributed by atoms with Gasteiger partial charge in [-0.1, -0.05) is 0 Å². The molecule has 90 valence electrons. The molecule has 6 heteroatoms. The van der Waals surface area contributed by atoms with Gasteiger partial charge in [0.15, 0.2) is 0 Å². The van der Waals surface area contributed by atoms with Crippen LogP contribution >= 0.6 is 15.9 Å². The molecule has 0 unspecified atom stereocenters. The summed E-state index contributed by atoms with van der Waals surface area (Å²) in [4.78, 5) is 14.8. The van der Waals surface area contributed by atoms with Gasteiger partial charge in [-0.05, 0) is 35.8 Å². The van der Waals surface area contributed by atoms with E-state index in [1.165, 1.54) is 0 Å². The lowest BCUT2D eigenvalue weighted by Crippen LogP contribution is -2.13. The van der Waals surface area contributed by atoms with E-state index in [0.29, 0.717) is 5.69 Å². The number of hydrogen-bond acceptors (Lipinski definition) is 2. The van der Waals surface area contributed by atoms with Gasteiger partial charge in [0.2, 0.25) is 0 Å². The zero-order valence-corrected chi connectivity index (χ0v) is 11.4. The maximum atomic E-state index is 11.9. The molecular weight excluding hydrogens is 284 g/mol. The molecule has 0 spiro atoms. The molecule has 2 aromatic rings. The average molecular weight is 297 g/mol. The number of H-pyrrole nitrogens is 1. The molecule has 0 saturated carbocycles. The first-order valence-corrected chi connectivity index (χ1v) is 5.94.